The van der Waals surface area contributed by atoms with Crippen molar-refractivity contribution in [3.05, 3.63) is 52.5 Å². The summed E-state index contributed by atoms with van der Waals surface area (Å²) in [5, 5.41) is 9.86. The van der Waals surface area contributed by atoms with Crippen molar-refractivity contribution in [1.29, 1.82) is 0 Å². The molecule has 206 valence electrons. The molecule has 3 rings (SSSR count). The molecule has 1 N–H and O–H groups in total. The van der Waals surface area contributed by atoms with Crippen molar-refractivity contribution in [3.63, 3.8) is 0 Å². The molecular formula is C24H23Cl2F8NO2. The maximum atomic E-state index is 15.0. The van der Waals surface area contributed by atoms with Crippen LogP contribution in [0, 0.1) is 5.92 Å². The maximum absolute atomic E-state index is 15.0. The van der Waals surface area contributed by atoms with Gasteiger partial charge < -0.3 is 14.7 Å². The predicted molar refractivity (Wildman–Crippen MR) is 124 cm³/mol. The fourth-order valence-electron chi connectivity index (χ4n) is 4.45. The van der Waals surface area contributed by atoms with Crippen LogP contribution in [-0.2, 0) is 0 Å². The van der Waals surface area contributed by atoms with Gasteiger partial charge in [-0.05, 0) is 43.0 Å². The molecule has 0 radical (unpaired) electrons. The molecule has 1 saturated carbocycles. The number of alkyl halides is 8. The van der Waals surface area contributed by atoms with E-state index in [1.54, 1.807) is 0 Å². The van der Waals surface area contributed by atoms with E-state index in [4.69, 9.17) is 27.9 Å². The number of benzene rings is 2. The molecule has 2 aromatic rings. The smallest absolute Gasteiger partial charge is 0.455 e. The monoisotopic (exact) mass is 579 g/mol. The van der Waals surface area contributed by atoms with E-state index in [1.165, 1.54) is 30.3 Å². The fraction of sp³-hybridized carbons (Fsp3) is 0.500. The largest absolute Gasteiger partial charge is 0.456 e. The van der Waals surface area contributed by atoms with Crippen LogP contribution in [0.4, 0.5) is 40.8 Å². The number of nitrogens with zero attached hydrogens (tertiary/aromatic N) is 1. The number of aliphatic hydroxyl groups is 1. The molecule has 1 aliphatic carbocycles. The number of aliphatic hydroxyl groups excluding tert-OH is 1. The number of rotatable bonds is 8. The molecule has 0 spiro atoms. The van der Waals surface area contributed by atoms with E-state index in [2.05, 4.69) is 0 Å². The van der Waals surface area contributed by atoms with E-state index < -0.39 is 48.6 Å². The van der Waals surface area contributed by atoms with E-state index in [1.807, 2.05) is 0 Å². The molecule has 13 heteroatoms. The standard InChI is InChI=1S/C24H23Cl2F8NO2/c25-17-10-5-11-18(20(17)26)37-16-9-4-8-15(12-16)35(13-19(36)23(29,30)31)21(14-6-2-1-3-7-14)22(27,28)24(32,33)34/h4-5,8-12,14,19,21,36H,1-3,6-7,13H2. The van der Waals surface area contributed by atoms with E-state index in [9.17, 15) is 31.4 Å². The van der Waals surface area contributed by atoms with Crippen LogP contribution in [0.1, 0.15) is 32.1 Å². The van der Waals surface area contributed by atoms with Crippen LogP contribution < -0.4 is 9.64 Å². The Kier molecular flexibility index (Phi) is 9.12. The average molecular weight is 580 g/mol. The van der Waals surface area contributed by atoms with Gasteiger partial charge in [0.2, 0.25) is 0 Å². The molecule has 0 saturated heterocycles. The van der Waals surface area contributed by atoms with E-state index >= 15 is 8.78 Å². The van der Waals surface area contributed by atoms with Gasteiger partial charge in [-0.3, -0.25) is 0 Å². The molecule has 1 fully saturated rings. The summed E-state index contributed by atoms with van der Waals surface area (Å²) in [5.41, 5.74) is -0.418. The molecule has 2 aromatic carbocycles. The van der Waals surface area contributed by atoms with Gasteiger partial charge in [-0.1, -0.05) is 54.6 Å². The number of ether oxygens (including phenoxy) is 1. The van der Waals surface area contributed by atoms with Crippen molar-refractivity contribution in [3.8, 4) is 11.5 Å². The Morgan fingerprint density at radius 2 is 1.54 bits per heavy atom. The minimum atomic E-state index is -6.04. The summed E-state index contributed by atoms with van der Waals surface area (Å²) in [7, 11) is 0. The molecular weight excluding hydrogens is 557 g/mol. The van der Waals surface area contributed by atoms with Crippen LogP contribution in [-0.4, -0.2) is 42.1 Å². The van der Waals surface area contributed by atoms with Crippen molar-refractivity contribution >= 4 is 28.9 Å². The molecule has 3 nitrogen and oxygen atoms in total. The Hall–Kier alpha value is -1.98. The SMILES string of the molecule is OC(CN(c1cccc(Oc2cccc(Cl)c2Cl)c1)C(C1CCCCC1)C(F)(F)C(F)(F)F)C(F)(F)F. The lowest BCUT2D eigenvalue weighted by molar-refractivity contribution is -0.295. The molecule has 0 heterocycles. The first-order valence-electron chi connectivity index (χ1n) is 11.3. The number of halogens is 10. The lowest BCUT2D eigenvalue weighted by Crippen LogP contribution is -2.61. The average Bonchev–Trinajstić information content (AvgIpc) is 2.81. The highest BCUT2D eigenvalue weighted by atomic mass is 35.5. The zero-order valence-corrected chi connectivity index (χ0v) is 20.6. The minimum Gasteiger partial charge on any atom is -0.456 e. The molecule has 0 aromatic heterocycles. The third kappa shape index (κ3) is 6.92. The van der Waals surface area contributed by atoms with Gasteiger partial charge in [-0.15, -0.1) is 0 Å². The Morgan fingerprint density at radius 3 is 2.14 bits per heavy atom. The normalized spacial score (nSPS) is 17.4. The van der Waals surface area contributed by atoms with E-state index in [-0.39, 0.29) is 34.4 Å². The van der Waals surface area contributed by atoms with Gasteiger partial charge >= 0.3 is 18.3 Å². The Labute approximate surface area is 217 Å². The summed E-state index contributed by atoms with van der Waals surface area (Å²) in [4.78, 5) is 0.300. The second-order valence-electron chi connectivity index (χ2n) is 8.82. The number of hydrogen-bond donors (Lipinski definition) is 1. The van der Waals surface area contributed by atoms with Gasteiger partial charge in [0.15, 0.2) is 6.10 Å². The van der Waals surface area contributed by atoms with Crippen molar-refractivity contribution < 1.29 is 45.0 Å². The van der Waals surface area contributed by atoms with Crippen molar-refractivity contribution in [2.24, 2.45) is 5.92 Å². The van der Waals surface area contributed by atoms with Gasteiger partial charge in [-0.2, -0.15) is 35.1 Å². The van der Waals surface area contributed by atoms with Gasteiger partial charge in [0.05, 0.1) is 11.6 Å². The van der Waals surface area contributed by atoms with Crippen molar-refractivity contribution in [2.45, 2.75) is 62.5 Å². The van der Waals surface area contributed by atoms with Gasteiger partial charge in [-0.25, -0.2) is 0 Å². The minimum absolute atomic E-state index is 0.0115. The summed E-state index contributed by atoms with van der Waals surface area (Å²) in [6.45, 7) is -1.54. The first kappa shape index (κ1) is 29.6. The van der Waals surface area contributed by atoms with Crippen molar-refractivity contribution in [1.82, 2.24) is 0 Å². The quantitative estimate of drug-likeness (QED) is 0.318. The van der Waals surface area contributed by atoms with E-state index in [0.29, 0.717) is 24.2 Å². The molecule has 0 aliphatic heterocycles. The third-order valence-corrected chi connectivity index (χ3v) is 7.02. The first-order chi connectivity index (χ1) is 17.1. The van der Waals surface area contributed by atoms with E-state index in [0.717, 1.165) is 12.1 Å². The highest BCUT2D eigenvalue weighted by Gasteiger charge is 2.65. The van der Waals surface area contributed by atoms with Crippen LogP contribution in [0.15, 0.2) is 42.5 Å². The van der Waals surface area contributed by atoms with Crippen LogP contribution in [0.3, 0.4) is 0 Å². The molecule has 37 heavy (non-hydrogen) atoms. The second-order valence-corrected chi connectivity index (χ2v) is 9.61. The fourth-order valence-corrected chi connectivity index (χ4v) is 4.78. The van der Waals surface area contributed by atoms with Gasteiger partial charge in [0.25, 0.3) is 0 Å². The predicted octanol–water partition coefficient (Wildman–Crippen LogP) is 8.66. The summed E-state index contributed by atoms with van der Waals surface area (Å²) in [5.74, 6) is -6.74. The Balaban J connectivity index is 2.11. The zero-order valence-electron chi connectivity index (χ0n) is 19.1. The molecule has 0 amide bonds. The second kappa shape index (κ2) is 11.4. The zero-order chi connectivity index (χ0) is 27.6. The highest BCUT2D eigenvalue weighted by Crippen LogP contribution is 2.47. The van der Waals surface area contributed by atoms with Gasteiger partial charge in [0, 0.05) is 11.8 Å². The number of hydrogen-bond acceptors (Lipinski definition) is 3. The molecule has 1 aliphatic rings. The molecule has 2 unspecified atom stereocenters. The lowest BCUT2D eigenvalue weighted by atomic mass is 9.80. The molecule has 2 atom stereocenters. The highest BCUT2D eigenvalue weighted by molar-refractivity contribution is 6.42. The summed E-state index contributed by atoms with van der Waals surface area (Å²) < 4.78 is 116. The Bertz CT molecular complexity index is 1060. The van der Waals surface area contributed by atoms with Crippen LogP contribution >= 0.6 is 23.2 Å². The number of anilines is 1. The molecule has 0 bridgehead atoms. The van der Waals surface area contributed by atoms with Crippen LogP contribution in [0.25, 0.3) is 0 Å². The van der Waals surface area contributed by atoms with Crippen LogP contribution in [0.5, 0.6) is 11.5 Å². The Morgan fingerprint density at radius 1 is 0.919 bits per heavy atom. The van der Waals surface area contributed by atoms with Crippen molar-refractivity contribution in [2.75, 3.05) is 11.4 Å². The summed E-state index contributed by atoms with van der Waals surface area (Å²) in [6.07, 6.45) is -13.3. The topological polar surface area (TPSA) is 32.7 Å². The first-order valence-corrected chi connectivity index (χ1v) is 12.1. The van der Waals surface area contributed by atoms with Crippen LogP contribution in [0.2, 0.25) is 10.0 Å². The maximum Gasteiger partial charge on any atom is 0.455 e. The van der Waals surface area contributed by atoms with Gasteiger partial charge in [0.1, 0.15) is 22.6 Å². The summed E-state index contributed by atoms with van der Waals surface area (Å²) in [6, 6.07) is 6.30. The third-order valence-electron chi connectivity index (χ3n) is 6.22. The summed E-state index contributed by atoms with van der Waals surface area (Å²) >= 11 is 12.0. The lowest BCUT2D eigenvalue weighted by Gasteiger charge is -2.45.